The number of phenols is 1. The molecule has 3 aromatic carbocycles. The van der Waals surface area contributed by atoms with Crippen LogP contribution in [0.15, 0.2) is 66.7 Å². The molecule has 0 fully saturated rings. The number of aliphatic hydroxyl groups is 1. The molecule has 0 saturated heterocycles. The Morgan fingerprint density at radius 3 is 2.11 bits per heavy atom. The van der Waals surface area contributed by atoms with E-state index in [-0.39, 0.29) is 23.9 Å². The summed E-state index contributed by atoms with van der Waals surface area (Å²) >= 11 is 0. The first-order valence-electron chi connectivity index (χ1n) is 12.6. The smallest absolute Gasteiger partial charge is 0.205 e. The molecule has 1 radical (unpaired) electrons. The van der Waals surface area contributed by atoms with Gasteiger partial charge in [-0.05, 0) is 72.3 Å². The van der Waals surface area contributed by atoms with Gasteiger partial charge in [-0.3, -0.25) is 0 Å². The zero-order valence-corrected chi connectivity index (χ0v) is 23.9. The molecule has 6 nitrogen and oxygen atoms in total. The molecule has 0 aliphatic rings. The van der Waals surface area contributed by atoms with Gasteiger partial charge < -0.3 is 19.4 Å². The number of aryl methyl sites for hydroxylation is 1. The number of nitrogens with zero attached hydrogens (tertiary/aromatic N) is 2. The van der Waals surface area contributed by atoms with Crippen molar-refractivity contribution in [1.82, 2.24) is 0 Å². The first-order valence-corrected chi connectivity index (χ1v) is 15.0. The molecule has 0 aliphatic carbocycles. The van der Waals surface area contributed by atoms with Gasteiger partial charge in [-0.25, -0.2) is 0 Å². The molecule has 3 rings (SSSR count). The molecule has 0 aromatic heterocycles. The maximum Gasteiger partial charge on any atom is 0.205 e. The maximum absolute atomic E-state index is 9.77. The number of rotatable bonds is 9. The summed E-state index contributed by atoms with van der Waals surface area (Å²) in [6, 6.07) is 24.6. The van der Waals surface area contributed by atoms with Crippen molar-refractivity contribution in [2.45, 2.75) is 59.4 Å². The van der Waals surface area contributed by atoms with E-state index in [1.165, 1.54) is 5.56 Å². The van der Waals surface area contributed by atoms with Crippen LogP contribution in [0.2, 0.25) is 13.1 Å². The summed E-state index contributed by atoms with van der Waals surface area (Å²) in [7, 11) is -0.838. The van der Waals surface area contributed by atoms with Crippen molar-refractivity contribution >= 4 is 9.04 Å². The molecule has 38 heavy (non-hydrogen) atoms. The lowest BCUT2D eigenvalue weighted by molar-refractivity contribution is 0.0864. The quantitative estimate of drug-likeness (QED) is 0.236. The lowest BCUT2D eigenvalue weighted by Crippen LogP contribution is -2.25. The molecule has 0 spiro atoms. The van der Waals surface area contributed by atoms with E-state index in [1.54, 1.807) is 30.3 Å². The molecule has 0 saturated carbocycles. The molecule has 0 bridgehead atoms. The molecule has 0 heterocycles. The minimum Gasteiger partial charge on any atom is -0.507 e. The van der Waals surface area contributed by atoms with Crippen molar-refractivity contribution < 1.29 is 19.4 Å². The highest BCUT2D eigenvalue weighted by atomic mass is 28.3. The lowest BCUT2D eigenvalue weighted by Gasteiger charge is -2.32. The highest BCUT2D eigenvalue weighted by molar-refractivity contribution is 6.48. The number of nitriles is 2. The van der Waals surface area contributed by atoms with Crippen molar-refractivity contribution in [3.8, 4) is 23.6 Å². The van der Waals surface area contributed by atoms with E-state index in [0.717, 1.165) is 24.0 Å². The number of benzene rings is 3. The van der Waals surface area contributed by atoms with E-state index in [4.69, 9.17) is 24.8 Å². The van der Waals surface area contributed by atoms with E-state index >= 15 is 0 Å². The van der Waals surface area contributed by atoms with Gasteiger partial charge in [0.05, 0.1) is 30.4 Å². The Balaban J connectivity index is 0.000000269. The van der Waals surface area contributed by atoms with E-state index in [1.807, 2.05) is 30.3 Å². The van der Waals surface area contributed by atoms with Crippen LogP contribution in [-0.2, 0) is 17.5 Å². The minimum absolute atomic E-state index is 0.0221. The summed E-state index contributed by atoms with van der Waals surface area (Å²) in [4.78, 5) is 0. The average molecular weight is 530 g/mol. The van der Waals surface area contributed by atoms with Gasteiger partial charge in [0.2, 0.25) is 9.04 Å². The molecule has 2 N–H and O–H groups in total. The second-order valence-electron chi connectivity index (χ2n) is 10.2. The van der Waals surface area contributed by atoms with Crippen molar-refractivity contribution in [3.63, 3.8) is 0 Å². The fourth-order valence-corrected chi connectivity index (χ4v) is 4.73. The number of aromatic hydroxyl groups is 1. The topological polar surface area (TPSA) is 106 Å². The third-order valence-corrected chi connectivity index (χ3v) is 6.35. The highest BCUT2D eigenvalue weighted by Crippen LogP contribution is 2.38. The summed E-state index contributed by atoms with van der Waals surface area (Å²) in [5.74, 6) is 0.570. The van der Waals surface area contributed by atoms with Crippen LogP contribution in [0.5, 0.6) is 11.5 Å². The number of ether oxygens (including phenoxy) is 1. The van der Waals surface area contributed by atoms with E-state index < -0.39 is 9.04 Å². The summed E-state index contributed by atoms with van der Waals surface area (Å²) in [5, 5.41) is 36.7. The Morgan fingerprint density at radius 1 is 0.895 bits per heavy atom. The van der Waals surface area contributed by atoms with Gasteiger partial charge in [-0.2, -0.15) is 10.5 Å². The van der Waals surface area contributed by atoms with Crippen molar-refractivity contribution in [2.75, 3.05) is 6.61 Å². The van der Waals surface area contributed by atoms with Crippen LogP contribution in [0.1, 0.15) is 61.1 Å². The van der Waals surface area contributed by atoms with Crippen LogP contribution in [0.3, 0.4) is 0 Å². The molecule has 3 aromatic rings. The largest absolute Gasteiger partial charge is 0.507 e. The van der Waals surface area contributed by atoms with Gasteiger partial charge in [0.15, 0.2) is 0 Å². The minimum atomic E-state index is -0.838. The average Bonchev–Trinajstić information content (AvgIpc) is 2.90. The Bertz CT molecular complexity index is 1240. The van der Waals surface area contributed by atoms with Crippen LogP contribution >= 0.6 is 0 Å². The number of aliphatic hydroxyl groups excluding tert-OH is 1. The summed E-state index contributed by atoms with van der Waals surface area (Å²) < 4.78 is 11.7. The standard InChI is InChI=1S/C17H17NO2.C14H20NO2Si/c18-12-16-9-8-15(13-19)11-17(16)20-10-4-7-14-5-2-1-3-6-14;1-14(2,3)13(17-18(4)5)10-6-7-11(9-15)12(16)8-10/h1-3,5-6,8-9,11,19H,4,7,10,13H2;6-8,13,16H,1-5H3. The monoisotopic (exact) mass is 529 g/mol. The molecule has 0 aliphatic heterocycles. The molecule has 0 amide bonds. The van der Waals surface area contributed by atoms with E-state index in [0.29, 0.717) is 23.5 Å². The third kappa shape index (κ3) is 9.68. The van der Waals surface area contributed by atoms with Crippen molar-refractivity contribution in [3.05, 3.63) is 94.5 Å². The van der Waals surface area contributed by atoms with Crippen LogP contribution in [0.25, 0.3) is 0 Å². The summed E-state index contributed by atoms with van der Waals surface area (Å²) in [6.07, 6.45) is 1.76. The van der Waals surface area contributed by atoms with Crippen LogP contribution in [-0.4, -0.2) is 25.9 Å². The Labute approximate surface area is 228 Å². The lowest BCUT2D eigenvalue weighted by atomic mass is 9.84. The van der Waals surface area contributed by atoms with Gasteiger partial charge in [0, 0.05) is 0 Å². The first kappa shape index (κ1) is 30.6. The predicted molar refractivity (Wildman–Crippen MR) is 151 cm³/mol. The summed E-state index contributed by atoms with van der Waals surface area (Å²) in [5.41, 5.74) is 3.70. The van der Waals surface area contributed by atoms with Gasteiger partial charge in [-0.15, -0.1) is 0 Å². The Hall–Kier alpha value is -3.62. The van der Waals surface area contributed by atoms with Gasteiger partial charge in [0.1, 0.15) is 23.6 Å². The van der Waals surface area contributed by atoms with Crippen LogP contribution in [0, 0.1) is 28.1 Å². The number of hydrogen-bond donors (Lipinski definition) is 2. The van der Waals surface area contributed by atoms with Crippen LogP contribution in [0.4, 0.5) is 0 Å². The van der Waals surface area contributed by atoms with Crippen molar-refractivity contribution in [2.24, 2.45) is 5.41 Å². The van der Waals surface area contributed by atoms with Gasteiger partial charge >= 0.3 is 0 Å². The molecule has 7 heteroatoms. The third-order valence-electron chi connectivity index (χ3n) is 5.64. The van der Waals surface area contributed by atoms with E-state index in [2.05, 4.69) is 52.1 Å². The maximum atomic E-state index is 9.77. The Kier molecular flexibility index (Phi) is 12.0. The Morgan fingerprint density at radius 2 is 1.55 bits per heavy atom. The van der Waals surface area contributed by atoms with E-state index in [9.17, 15) is 5.11 Å². The fraction of sp³-hybridized carbons (Fsp3) is 0.355. The zero-order chi connectivity index (χ0) is 28.1. The predicted octanol–water partition coefficient (Wildman–Crippen LogP) is 6.68. The second kappa shape index (κ2) is 14.9. The second-order valence-corrected chi connectivity index (χ2v) is 12.3. The first-order chi connectivity index (χ1) is 18.1. The SMILES string of the molecule is C[Si](C)OC(c1ccc(C#N)c(O)c1)C(C)(C)C.N#Cc1ccc(CO)cc1OCCCc1ccccc1. The molecule has 1 atom stereocenters. The number of phenolic OH excluding ortho intramolecular Hbond substituents is 1. The van der Waals surface area contributed by atoms with Crippen LogP contribution < -0.4 is 4.74 Å². The molecule has 1 unspecified atom stereocenters. The van der Waals surface area contributed by atoms with Crippen molar-refractivity contribution in [1.29, 1.82) is 10.5 Å². The van der Waals surface area contributed by atoms with Gasteiger partial charge in [0.25, 0.3) is 0 Å². The molecule has 199 valence electrons. The van der Waals surface area contributed by atoms with Gasteiger partial charge in [-0.1, -0.05) is 63.2 Å². The summed E-state index contributed by atoms with van der Waals surface area (Å²) in [6.45, 7) is 11.0. The highest BCUT2D eigenvalue weighted by Gasteiger charge is 2.28. The fourth-order valence-electron chi connectivity index (χ4n) is 3.77. The molecular weight excluding hydrogens is 492 g/mol. The number of hydrogen-bond acceptors (Lipinski definition) is 6. The normalized spacial score (nSPS) is 11.6. The zero-order valence-electron chi connectivity index (χ0n) is 22.9. The molecular formula is C31H37N2O4Si.